The van der Waals surface area contributed by atoms with Gasteiger partial charge in [-0.15, -0.1) is 11.3 Å². The summed E-state index contributed by atoms with van der Waals surface area (Å²) in [6.45, 7) is 0.736. The highest BCUT2D eigenvalue weighted by molar-refractivity contribution is 7.80. The second kappa shape index (κ2) is 6.43. The second-order valence-corrected chi connectivity index (χ2v) is 6.55. The molecule has 0 fully saturated rings. The Labute approximate surface area is 132 Å². The topological polar surface area (TPSA) is 38.5 Å². The predicted molar refractivity (Wildman–Crippen MR) is 90.3 cm³/mol. The summed E-state index contributed by atoms with van der Waals surface area (Å²) in [6.07, 6.45) is 0. The van der Waals surface area contributed by atoms with E-state index < -0.39 is 0 Å². The van der Waals surface area contributed by atoms with Crippen LogP contribution < -0.4 is 15.4 Å². The minimum absolute atomic E-state index is 0.374. The predicted octanol–water partition coefficient (Wildman–Crippen LogP) is 3.68. The van der Waals surface area contributed by atoms with Gasteiger partial charge in [0.1, 0.15) is 10.7 Å². The SMILES string of the molecule is COc1ccc(C(N)=S)c(N(C)Cc2ccc(Cl)s2)c1. The van der Waals surface area contributed by atoms with E-state index in [0.717, 1.165) is 27.9 Å². The maximum atomic E-state index is 5.96. The first-order valence-corrected chi connectivity index (χ1v) is 7.54. The number of rotatable bonds is 5. The molecule has 0 spiro atoms. The van der Waals surface area contributed by atoms with Crippen LogP contribution in [0.5, 0.6) is 5.75 Å². The van der Waals surface area contributed by atoms with Crippen LogP contribution in [0.25, 0.3) is 0 Å². The highest BCUT2D eigenvalue weighted by Crippen LogP contribution is 2.29. The van der Waals surface area contributed by atoms with Crippen molar-refractivity contribution in [2.45, 2.75) is 6.54 Å². The summed E-state index contributed by atoms with van der Waals surface area (Å²) < 4.78 is 6.05. The monoisotopic (exact) mass is 326 g/mol. The van der Waals surface area contributed by atoms with Gasteiger partial charge in [0.2, 0.25) is 0 Å². The lowest BCUT2D eigenvalue weighted by Gasteiger charge is -2.22. The molecule has 20 heavy (non-hydrogen) atoms. The van der Waals surface area contributed by atoms with Crippen LogP contribution in [0.15, 0.2) is 30.3 Å². The van der Waals surface area contributed by atoms with Gasteiger partial charge in [-0.1, -0.05) is 23.8 Å². The fraction of sp³-hybridized carbons (Fsp3) is 0.214. The van der Waals surface area contributed by atoms with Crippen molar-refractivity contribution in [2.24, 2.45) is 5.73 Å². The minimum Gasteiger partial charge on any atom is -0.497 e. The Hall–Kier alpha value is -1.30. The van der Waals surface area contributed by atoms with E-state index >= 15 is 0 Å². The lowest BCUT2D eigenvalue weighted by molar-refractivity contribution is 0.415. The average Bonchev–Trinajstić information content (AvgIpc) is 2.83. The normalized spacial score (nSPS) is 10.3. The number of thiophene rings is 1. The fourth-order valence-electron chi connectivity index (χ4n) is 1.92. The first kappa shape index (κ1) is 15.1. The van der Waals surface area contributed by atoms with Crippen molar-refractivity contribution in [3.63, 3.8) is 0 Å². The van der Waals surface area contributed by atoms with Crippen LogP contribution >= 0.6 is 35.2 Å². The molecule has 0 amide bonds. The number of thiocarbonyl (C=S) groups is 1. The molecule has 0 saturated heterocycles. The Morgan fingerprint density at radius 2 is 2.15 bits per heavy atom. The van der Waals surface area contributed by atoms with E-state index in [0.29, 0.717) is 4.99 Å². The molecule has 1 aromatic heterocycles. The molecule has 6 heteroatoms. The number of anilines is 1. The van der Waals surface area contributed by atoms with E-state index in [1.165, 1.54) is 4.88 Å². The first-order chi connectivity index (χ1) is 9.51. The molecule has 1 heterocycles. The maximum Gasteiger partial charge on any atom is 0.120 e. The Balaban J connectivity index is 2.31. The number of nitrogens with zero attached hydrogens (tertiary/aromatic N) is 1. The van der Waals surface area contributed by atoms with Crippen LogP contribution in [0.1, 0.15) is 10.4 Å². The van der Waals surface area contributed by atoms with Crippen LogP contribution in [0.3, 0.4) is 0 Å². The van der Waals surface area contributed by atoms with Crippen LogP contribution in [-0.4, -0.2) is 19.1 Å². The van der Waals surface area contributed by atoms with E-state index in [9.17, 15) is 0 Å². The molecule has 0 atom stereocenters. The molecule has 0 radical (unpaired) electrons. The van der Waals surface area contributed by atoms with Gasteiger partial charge in [0.15, 0.2) is 0 Å². The molecule has 0 aliphatic carbocycles. The van der Waals surface area contributed by atoms with Crippen molar-refractivity contribution in [3.8, 4) is 5.75 Å². The molecular weight excluding hydrogens is 312 g/mol. The Kier molecular flexibility index (Phi) is 4.86. The number of nitrogens with two attached hydrogens (primary N) is 1. The molecule has 0 aliphatic heterocycles. The molecule has 0 saturated carbocycles. The summed E-state index contributed by atoms with van der Waals surface area (Å²) >= 11 is 12.6. The lowest BCUT2D eigenvalue weighted by Crippen LogP contribution is -2.21. The molecule has 106 valence electrons. The standard InChI is InChI=1S/C14H15ClN2OS2/c1-17(8-10-4-6-13(15)20-10)12-7-9(18-2)3-5-11(12)14(16)19/h3-7H,8H2,1-2H3,(H2,16,19). The van der Waals surface area contributed by atoms with Crippen molar-refractivity contribution in [3.05, 3.63) is 45.1 Å². The highest BCUT2D eigenvalue weighted by atomic mass is 35.5. The van der Waals surface area contributed by atoms with Crippen molar-refractivity contribution in [1.29, 1.82) is 0 Å². The third-order valence-corrected chi connectivity index (χ3v) is 4.34. The van der Waals surface area contributed by atoms with Crippen molar-refractivity contribution >= 4 is 45.8 Å². The van der Waals surface area contributed by atoms with Gasteiger partial charge in [-0.2, -0.15) is 0 Å². The molecule has 3 nitrogen and oxygen atoms in total. The van der Waals surface area contributed by atoms with Gasteiger partial charge in [0, 0.05) is 23.6 Å². The lowest BCUT2D eigenvalue weighted by atomic mass is 10.1. The molecule has 2 rings (SSSR count). The Morgan fingerprint density at radius 3 is 2.70 bits per heavy atom. The summed E-state index contributed by atoms with van der Waals surface area (Å²) in [5, 5.41) is 0. The molecule has 2 N–H and O–H groups in total. The van der Waals surface area contributed by atoms with E-state index in [1.807, 2.05) is 37.4 Å². The number of hydrogen-bond donors (Lipinski definition) is 1. The zero-order chi connectivity index (χ0) is 14.7. The van der Waals surface area contributed by atoms with E-state index in [2.05, 4.69) is 4.90 Å². The van der Waals surface area contributed by atoms with Crippen LogP contribution in [0.2, 0.25) is 4.34 Å². The van der Waals surface area contributed by atoms with Gasteiger partial charge in [-0.05, 0) is 24.3 Å². The summed E-state index contributed by atoms with van der Waals surface area (Å²) in [5.74, 6) is 0.774. The fourth-order valence-corrected chi connectivity index (χ4v) is 3.23. The third kappa shape index (κ3) is 3.42. The summed E-state index contributed by atoms with van der Waals surface area (Å²) in [7, 11) is 3.63. The summed E-state index contributed by atoms with van der Waals surface area (Å²) in [6, 6.07) is 9.59. The quantitative estimate of drug-likeness (QED) is 0.851. The van der Waals surface area contributed by atoms with Crippen molar-refractivity contribution in [2.75, 3.05) is 19.1 Å². The van der Waals surface area contributed by atoms with Crippen molar-refractivity contribution in [1.82, 2.24) is 0 Å². The van der Waals surface area contributed by atoms with Gasteiger partial charge in [0.25, 0.3) is 0 Å². The number of hydrogen-bond acceptors (Lipinski definition) is 4. The first-order valence-electron chi connectivity index (χ1n) is 5.94. The molecule has 1 aromatic carbocycles. The summed E-state index contributed by atoms with van der Waals surface area (Å²) in [4.78, 5) is 3.63. The van der Waals surface area contributed by atoms with Crippen LogP contribution in [-0.2, 0) is 6.54 Å². The molecule has 0 aliphatic rings. The summed E-state index contributed by atoms with van der Waals surface area (Å²) in [5.41, 5.74) is 7.57. The van der Waals surface area contributed by atoms with E-state index in [-0.39, 0.29) is 0 Å². The third-order valence-electron chi connectivity index (χ3n) is 2.90. The molecule has 2 aromatic rings. The van der Waals surface area contributed by atoms with E-state index in [1.54, 1.807) is 18.4 Å². The number of halogens is 1. The molecular formula is C14H15ClN2OS2. The van der Waals surface area contributed by atoms with Crippen molar-refractivity contribution < 1.29 is 4.74 Å². The Bertz CT molecular complexity index is 627. The van der Waals surface area contributed by atoms with E-state index in [4.69, 9.17) is 34.3 Å². The van der Waals surface area contributed by atoms with Gasteiger partial charge in [-0.3, -0.25) is 0 Å². The zero-order valence-electron chi connectivity index (χ0n) is 11.2. The minimum atomic E-state index is 0.374. The number of benzene rings is 1. The van der Waals surface area contributed by atoms with Gasteiger partial charge in [-0.25, -0.2) is 0 Å². The van der Waals surface area contributed by atoms with Gasteiger partial charge >= 0.3 is 0 Å². The number of methoxy groups -OCH3 is 1. The zero-order valence-corrected chi connectivity index (χ0v) is 13.6. The highest BCUT2D eigenvalue weighted by Gasteiger charge is 2.12. The van der Waals surface area contributed by atoms with Gasteiger partial charge in [0.05, 0.1) is 23.7 Å². The molecule has 0 bridgehead atoms. The average molecular weight is 327 g/mol. The molecule has 0 unspecified atom stereocenters. The Morgan fingerprint density at radius 1 is 1.40 bits per heavy atom. The largest absolute Gasteiger partial charge is 0.497 e. The van der Waals surface area contributed by atoms with Crippen LogP contribution in [0, 0.1) is 0 Å². The van der Waals surface area contributed by atoms with Crippen LogP contribution in [0.4, 0.5) is 5.69 Å². The smallest absolute Gasteiger partial charge is 0.120 e. The van der Waals surface area contributed by atoms with Gasteiger partial charge < -0.3 is 15.4 Å². The second-order valence-electron chi connectivity index (χ2n) is 4.31. The maximum absolute atomic E-state index is 5.96. The number of ether oxygens (including phenoxy) is 1.